The second kappa shape index (κ2) is 8.45. The Labute approximate surface area is 215 Å². The standard InChI is InChI=1S/C29H32N4O4/c1-29(2)13-19-12-21-25(33(19)16-29)9-10-32(27(21)36)24-6-4-5-20(22(24)15-34)18-11-23(28(37)31(3)14-18)30-26(35)17-7-8-17/h4-6,11-12,14,17,34H,7-10,13,15-16H2,1-3H3,(H,30,35). The number of fused-ring (bicyclic) bond motifs is 3. The summed E-state index contributed by atoms with van der Waals surface area (Å²) in [7, 11) is 1.64. The largest absolute Gasteiger partial charge is 0.392 e. The van der Waals surface area contributed by atoms with Crippen molar-refractivity contribution in [1.82, 2.24) is 9.13 Å². The number of benzene rings is 1. The molecule has 1 saturated carbocycles. The summed E-state index contributed by atoms with van der Waals surface area (Å²) < 4.78 is 3.75. The van der Waals surface area contributed by atoms with E-state index in [-0.39, 0.29) is 41.0 Å². The van der Waals surface area contributed by atoms with Crippen molar-refractivity contribution in [3.05, 3.63) is 69.4 Å². The third-order valence-electron chi connectivity index (χ3n) is 7.89. The third kappa shape index (κ3) is 4.00. The fraction of sp³-hybridized carbons (Fsp3) is 0.414. The number of amides is 2. The molecule has 2 aromatic heterocycles. The van der Waals surface area contributed by atoms with Crippen molar-refractivity contribution >= 4 is 23.2 Å². The van der Waals surface area contributed by atoms with Crippen molar-refractivity contribution in [3.63, 3.8) is 0 Å². The van der Waals surface area contributed by atoms with Gasteiger partial charge in [-0.25, -0.2) is 0 Å². The quantitative estimate of drug-likeness (QED) is 0.561. The molecular weight excluding hydrogens is 468 g/mol. The van der Waals surface area contributed by atoms with Crippen LogP contribution in [0.3, 0.4) is 0 Å². The second-order valence-corrected chi connectivity index (χ2v) is 11.4. The Kier molecular flexibility index (Phi) is 5.42. The lowest BCUT2D eigenvalue weighted by Gasteiger charge is -2.30. The number of carbonyl (C=O) groups excluding carboxylic acids is 2. The number of hydrogen-bond acceptors (Lipinski definition) is 4. The number of pyridine rings is 1. The number of carbonyl (C=O) groups is 2. The molecule has 4 heterocycles. The van der Waals surface area contributed by atoms with Crippen LogP contribution in [-0.2, 0) is 37.8 Å². The molecule has 1 fully saturated rings. The number of aliphatic hydroxyl groups is 1. The first-order chi connectivity index (χ1) is 17.7. The van der Waals surface area contributed by atoms with Gasteiger partial charge in [0.25, 0.3) is 11.5 Å². The Hall–Kier alpha value is -3.65. The number of aryl methyl sites for hydroxylation is 1. The highest BCUT2D eigenvalue weighted by Crippen LogP contribution is 2.39. The zero-order chi connectivity index (χ0) is 26.1. The summed E-state index contributed by atoms with van der Waals surface area (Å²) in [5.41, 5.74) is 5.90. The molecule has 1 aliphatic carbocycles. The van der Waals surface area contributed by atoms with Crippen LogP contribution in [0.4, 0.5) is 11.4 Å². The van der Waals surface area contributed by atoms with Crippen LogP contribution in [0.2, 0.25) is 0 Å². The summed E-state index contributed by atoms with van der Waals surface area (Å²) in [5.74, 6) is -0.213. The molecule has 3 aliphatic rings. The maximum atomic E-state index is 13.7. The Morgan fingerprint density at radius 1 is 1.16 bits per heavy atom. The van der Waals surface area contributed by atoms with Gasteiger partial charge in [0.2, 0.25) is 5.91 Å². The summed E-state index contributed by atoms with van der Waals surface area (Å²) in [6, 6.07) is 9.31. The van der Waals surface area contributed by atoms with Crippen LogP contribution in [0.5, 0.6) is 0 Å². The average molecular weight is 501 g/mol. The zero-order valence-electron chi connectivity index (χ0n) is 21.5. The SMILES string of the molecule is Cn1cc(-c2cccc(N3CCc4c(cc5n4CC(C)(C)C5)C3=O)c2CO)cc(NC(=O)C2CC2)c1=O. The molecule has 192 valence electrons. The van der Waals surface area contributed by atoms with Crippen molar-refractivity contribution in [2.24, 2.45) is 18.4 Å². The van der Waals surface area contributed by atoms with E-state index in [2.05, 4.69) is 23.7 Å². The van der Waals surface area contributed by atoms with E-state index in [9.17, 15) is 19.5 Å². The molecule has 1 aromatic carbocycles. The van der Waals surface area contributed by atoms with Gasteiger partial charge in [0.1, 0.15) is 5.69 Å². The number of aliphatic hydroxyl groups excluding tert-OH is 1. The summed E-state index contributed by atoms with van der Waals surface area (Å²) in [4.78, 5) is 40.5. The molecule has 6 rings (SSSR count). The Morgan fingerprint density at radius 2 is 1.95 bits per heavy atom. The summed E-state index contributed by atoms with van der Waals surface area (Å²) in [6.07, 6.45) is 5.09. The smallest absolute Gasteiger partial charge is 0.274 e. The maximum Gasteiger partial charge on any atom is 0.274 e. The first-order valence-corrected chi connectivity index (χ1v) is 12.9. The molecule has 37 heavy (non-hydrogen) atoms. The number of nitrogens with one attached hydrogen (secondary N) is 1. The van der Waals surface area contributed by atoms with Gasteiger partial charge in [-0.05, 0) is 48.4 Å². The molecule has 0 unspecified atom stereocenters. The van der Waals surface area contributed by atoms with Crippen molar-refractivity contribution < 1.29 is 14.7 Å². The summed E-state index contributed by atoms with van der Waals surface area (Å²) in [6.45, 7) is 5.70. The fourth-order valence-corrected chi connectivity index (χ4v) is 5.91. The molecule has 3 aromatic rings. The molecule has 0 atom stereocenters. The highest BCUT2D eigenvalue weighted by molar-refractivity contribution is 6.09. The van der Waals surface area contributed by atoms with Gasteiger partial charge in [-0.2, -0.15) is 0 Å². The monoisotopic (exact) mass is 500 g/mol. The van der Waals surface area contributed by atoms with E-state index in [1.54, 1.807) is 24.2 Å². The van der Waals surface area contributed by atoms with E-state index in [1.165, 1.54) is 10.3 Å². The number of rotatable bonds is 5. The van der Waals surface area contributed by atoms with Gasteiger partial charge in [0.15, 0.2) is 0 Å². The number of hydrogen-bond donors (Lipinski definition) is 2. The highest BCUT2D eigenvalue weighted by atomic mass is 16.3. The Bertz CT molecular complexity index is 1510. The third-order valence-corrected chi connectivity index (χ3v) is 7.89. The maximum absolute atomic E-state index is 13.7. The van der Waals surface area contributed by atoms with Crippen LogP contribution in [0.15, 0.2) is 41.3 Å². The predicted octanol–water partition coefficient (Wildman–Crippen LogP) is 3.48. The minimum absolute atomic E-state index is 0.0264. The topological polar surface area (TPSA) is 96.6 Å². The van der Waals surface area contributed by atoms with Gasteiger partial charge >= 0.3 is 0 Å². The van der Waals surface area contributed by atoms with Crippen molar-refractivity contribution in [2.45, 2.75) is 52.7 Å². The van der Waals surface area contributed by atoms with Crippen LogP contribution in [-0.4, -0.2) is 32.6 Å². The Morgan fingerprint density at radius 3 is 2.68 bits per heavy atom. The van der Waals surface area contributed by atoms with Gasteiger partial charge in [0, 0.05) is 61.2 Å². The first kappa shape index (κ1) is 23.7. The molecule has 8 heteroatoms. The highest BCUT2D eigenvalue weighted by Gasteiger charge is 2.37. The molecule has 0 saturated heterocycles. The van der Waals surface area contributed by atoms with E-state index >= 15 is 0 Å². The van der Waals surface area contributed by atoms with E-state index in [0.717, 1.165) is 49.0 Å². The molecule has 2 aliphatic heterocycles. The van der Waals surface area contributed by atoms with Crippen molar-refractivity contribution in [2.75, 3.05) is 16.8 Å². The van der Waals surface area contributed by atoms with Crippen molar-refractivity contribution in [1.29, 1.82) is 0 Å². The minimum Gasteiger partial charge on any atom is -0.392 e. The van der Waals surface area contributed by atoms with E-state index in [1.807, 2.05) is 24.3 Å². The predicted molar refractivity (Wildman–Crippen MR) is 142 cm³/mol. The van der Waals surface area contributed by atoms with Gasteiger partial charge < -0.3 is 24.5 Å². The summed E-state index contributed by atoms with van der Waals surface area (Å²) >= 11 is 0. The molecule has 2 N–H and O–H groups in total. The minimum atomic E-state index is -0.289. The van der Waals surface area contributed by atoms with Crippen LogP contribution in [0, 0.1) is 11.3 Å². The lowest BCUT2D eigenvalue weighted by molar-refractivity contribution is -0.117. The molecule has 2 amide bonds. The molecular formula is C29H32N4O4. The van der Waals surface area contributed by atoms with E-state index < -0.39 is 0 Å². The molecule has 8 nitrogen and oxygen atoms in total. The number of aromatic nitrogens is 2. The summed E-state index contributed by atoms with van der Waals surface area (Å²) in [5, 5.41) is 13.2. The Balaban J connectivity index is 1.37. The van der Waals surface area contributed by atoms with E-state index in [0.29, 0.717) is 23.4 Å². The molecule has 0 spiro atoms. The number of anilines is 2. The van der Waals surface area contributed by atoms with Gasteiger partial charge in [-0.15, -0.1) is 0 Å². The van der Waals surface area contributed by atoms with Crippen LogP contribution < -0.4 is 15.8 Å². The van der Waals surface area contributed by atoms with Gasteiger partial charge in [0.05, 0.1) is 17.9 Å². The van der Waals surface area contributed by atoms with Crippen LogP contribution in [0.25, 0.3) is 11.1 Å². The number of nitrogens with zero attached hydrogens (tertiary/aromatic N) is 3. The van der Waals surface area contributed by atoms with Crippen molar-refractivity contribution in [3.8, 4) is 11.1 Å². The van der Waals surface area contributed by atoms with Gasteiger partial charge in [-0.1, -0.05) is 26.0 Å². The van der Waals surface area contributed by atoms with E-state index in [4.69, 9.17) is 0 Å². The first-order valence-electron chi connectivity index (χ1n) is 12.9. The molecule has 0 bridgehead atoms. The normalized spacial score (nSPS) is 18.1. The fourth-order valence-electron chi connectivity index (χ4n) is 5.91. The molecule has 0 radical (unpaired) electrons. The average Bonchev–Trinajstić information content (AvgIpc) is 3.60. The lowest BCUT2D eigenvalue weighted by atomic mass is 9.90. The lowest BCUT2D eigenvalue weighted by Crippen LogP contribution is -2.38. The zero-order valence-corrected chi connectivity index (χ0v) is 21.5. The van der Waals surface area contributed by atoms with Crippen LogP contribution in [0.1, 0.15) is 54.0 Å². The van der Waals surface area contributed by atoms with Gasteiger partial charge in [-0.3, -0.25) is 14.4 Å². The van der Waals surface area contributed by atoms with Crippen LogP contribution >= 0.6 is 0 Å². The second-order valence-electron chi connectivity index (χ2n) is 11.4.